The van der Waals surface area contributed by atoms with Crippen molar-refractivity contribution in [2.24, 2.45) is 5.92 Å². The number of anilines is 2. The fourth-order valence-electron chi connectivity index (χ4n) is 7.49. The number of nitrogens with one attached hydrogen (secondary N) is 5. The number of ether oxygens (including phenoxy) is 2. The van der Waals surface area contributed by atoms with Crippen molar-refractivity contribution < 1.29 is 28.4 Å². The molecule has 3 amide bonds. The average Bonchev–Trinajstić information content (AvgIpc) is 4.07. The smallest absolute Gasteiger partial charge is 0.407 e. The highest BCUT2D eigenvalue weighted by atomic mass is 16.5. The molecule has 0 saturated carbocycles. The van der Waals surface area contributed by atoms with E-state index >= 15 is 0 Å². The molecule has 2 aliphatic heterocycles. The first-order valence-electron chi connectivity index (χ1n) is 19.9. The monoisotopic (exact) mass is 793 g/mol. The number of nitrogen functional groups attached to an aromatic ring is 1. The average molecular weight is 794 g/mol. The first-order chi connectivity index (χ1) is 28.2. The van der Waals surface area contributed by atoms with Gasteiger partial charge >= 0.3 is 12.1 Å². The highest BCUT2D eigenvalue weighted by Gasteiger charge is 2.37. The number of imidazole rings is 2. The van der Waals surface area contributed by atoms with Crippen LogP contribution in [0.5, 0.6) is 0 Å². The maximum Gasteiger partial charge on any atom is 0.407 e. The molecule has 7 rings (SSSR count). The number of aromatic nitrogens is 6. The van der Waals surface area contributed by atoms with Gasteiger partial charge < -0.3 is 50.5 Å². The van der Waals surface area contributed by atoms with Crippen LogP contribution in [0.25, 0.3) is 33.6 Å². The molecule has 2 aromatic carbocycles. The van der Waals surface area contributed by atoms with E-state index in [1.54, 1.807) is 6.20 Å². The standard InChI is InChI=1S/C41H51N11O6/c1-24(2)34(49-40-50-39(42)58-51-40)38(54)52-19-7-9-33(52)36-44-23-32(46-36)28-16-12-26(13-17-28)25-10-14-27(15-11-25)31-22-43-35(45-31)29-18-21-57-20-6-4-5-8-30(37(53)47-29)48-41(55)56-3/h10-17,22-24,29-30,33-34H,4-9,18-21H2,1-3H3,(H,43,45)(H,44,46)(H,47,53)(H,48,55)(H3,42,49,50,51)/t29-,30-,33-,34-/m0/s1. The second kappa shape index (κ2) is 18.4. The van der Waals surface area contributed by atoms with Crippen molar-refractivity contribution >= 4 is 29.9 Å². The Kier molecular flexibility index (Phi) is 12.7. The number of H-pyrrole nitrogens is 2. The Bertz CT molecular complexity index is 2140. The molecule has 2 fully saturated rings. The predicted molar refractivity (Wildman–Crippen MR) is 216 cm³/mol. The van der Waals surface area contributed by atoms with Crippen molar-refractivity contribution in [3.8, 4) is 33.6 Å². The molecule has 17 heteroatoms. The molecule has 0 unspecified atom stereocenters. The van der Waals surface area contributed by atoms with E-state index in [2.05, 4.69) is 77.4 Å². The molecule has 5 heterocycles. The largest absolute Gasteiger partial charge is 0.453 e. The number of hydrogen-bond donors (Lipinski definition) is 6. The van der Waals surface area contributed by atoms with Gasteiger partial charge in [-0.2, -0.15) is 4.98 Å². The van der Waals surface area contributed by atoms with E-state index < -0.39 is 24.2 Å². The summed E-state index contributed by atoms with van der Waals surface area (Å²) in [5, 5.41) is 12.6. The molecular weight excluding hydrogens is 743 g/mol. The summed E-state index contributed by atoms with van der Waals surface area (Å²) in [6.07, 6.45) is 8.20. The van der Waals surface area contributed by atoms with Gasteiger partial charge in [-0.15, -0.1) is 0 Å². The van der Waals surface area contributed by atoms with Crippen LogP contribution in [0.3, 0.4) is 0 Å². The molecule has 17 nitrogen and oxygen atoms in total. The van der Waals surface area contributed by atoms with Crippen LogP contribution in [0.4, 0.5) is 16.8 Å². The van der Waals surface area contributed by atoms with Crippen LogP contribution >= 0.6 is 0 Å². The zero-order valence-electron chi connectivity index (χ0n) is 33.0. The summed E-state index contributed by atoms with van der Waals surface area (Å²) < 4.78 is 15.5. The number of nitrogens with two attached hydrogens (primary N) is 1. The summed E-state index contributed by atoms with van der Waals surface area (Å²) in [4.78, 5) is 61.1. The number of aromatic amines is 2. The van der Waals surface area contributed by atoms with Crippen LogP contribution < -0.4 is 21.7 Å². The van der Waals surface area contributed by atoms with Gasteiger partial charge in [-0.1, -0.05) is 75.2 Å². The second-order valence-corrected chi connectivity index (χ2v) is 15.0. The minimum atomic E-state index is -0.707. The molecule has 2 aliphatic rings. The third-order valence-corrected chi connectivity index (χ3v) is 10.7. The number of likely N-dealkylation sites (tertiary alicyclic amines) is 1. The van der Waals surface area contributed by atoms with E-state index in [0.717, 1.165) is 71.6 Å². The van der Waals surface area contributed by atoms with Crippen LogP contribution in [0.1, 0.15) is 82.5 Å². The Morgan fingerprint density at radius 2 is 1.52 bits per heavy atom. The Labute approximate surface area is 336 Å². The minimum absolute atomic E-state index is 0.0336. The van der Waals surface area contributed by atoms with Gasteiger partial charge in [0.15, 0.2) is 0 Å². The minimum Gasteiger partial charge on any atom is -0.453 e. The van der Waals surface area contributed by atoms with E-state index in [4.69, 9.17) is 24.7 Å². The van der Waals surface area contributed by atoms with Gasteiger partial charge in [-0.3, -0.25) is 9.59 Å². The Hall–Kier alpha value is -6.23. The highest BCUT2D eigenvalue weighted by Crippen LogP contribution is 2.34. The molecule has 0 bridgehead atoms. The van der Waals surface area contributed by atoms with Gasteiger partial charge in [0, 0.05) is 19.8 Å². The molecule has 3 aromatic heterocycles. The molecule has 7 N–H and O–H groups in total. The lowest BCUT2D eigenvalue weighted by Crippen LogP contribution is -2.48. The Morgan fingerprint density at radius 1 is 0.862 bits per heavy atom. The van der Waals surface area contributed by atoms with Crippen LogP contribution in [-0.4, -0.2) is 91.8 Å². The quantitative estimate of drug-likeness (QED) is 0.0991. The van der Waals surface area contributed by atoms with E-state index in [-0.39, 0.29) is 35.7 Å². The van der Waals surface area contributed by atoms with Crippen LogP contribution in [0, 0.1) is 5.92 Å². The number of carbonyl (C=O) groups is 3. The molecule has 0 spiro atoms. The van der Waals surface area contributed by atoms with Gasteiger partial charge in [0.1, 0.15) is 23.7 Å². The molecule has 0 aliphatic carbocycles. The topological polar surface area (TPSA) is 231 Å². The molecule has 306 valence electrons. The van der Waals surface area contributed by atoms with Crippen LogP contribution in [-0.2, 0) is 19.1 Å². The van der Waals surface area contributed by atoms with E-state index in [1.165, 1.54) is 7.11 Å². The van der Waals surface area contributed by atoms with Gasteiger partial charge in [-0.05, 0) is 65.4 Å². The lowest BCUT2D eigenvalue weighted by molar-refractivity contribution is -0.134. The third kappa shape index (κ3) is 9.48. The van der Waals surface area contributed by atoms with Gasteiger partial charge in [0.2, 0.25) is 11.8 Å². The number of hydrogen-bond acceptors (Lipinski definition) is 12. The summed E-state index contributed by atoms with van der Waals surface area (Å²) in [6, 6.07) is 14.5. The number of benzene rings is 2. The van der Waals surface area contributed by atoms with E-state index in [0.29, 0.717) is 38.4 Å². The van der Waals surface area contributed by atoms with E-state index in [9.17, 15) is 14.4 Å². The van der Waals surface area contributed by atoms with Crippen molar-refractivity contribution in [1.29, 1.82) is 0 Å². The summed E-state index contributed by atoms with van der Waals surface area (Å²) in [6.45, 7) is 5.66. The lowest BCUT2D eigenvalue weighted by atomic mass is 10.0. The summed E-state index contributed by atoms with van der Waals surface area (Å²) in [7, 11) is 1.28. The zero-order chi connectivity index (χ0) is 40.6. The Morgan fingerprint density at radius 3 is 2.16 bits per heavy atom. The second-order valence-electron chi connectivity index (χ2n) is 15.0. The number of alkyl carbamates (subject to hydrolysis) is 1. The molecule has 0 radical (unpaired) electrons. The first kappa shape index (κ1) is 40.0. The maximum atomic E-state index is 13.8. The highest BCUT2D eigenvalue weighted by molar-refractivity contribution is 5.86. The summed E-state index contributed by atoms with van der Waals surface area (Å²) in [5.41, 5.74) is 11.3. The number of amides is 3. The molecule has 2 saturated heterocycles. The summed E-state index contributed by atoms with van der Waals surface area (Å²) >= 11 is 0. The third-order valence-electron chi connectivity index (χ3n) is 10.7. The van der Waals surface area contributed by atoms with Gasteiger partial charge in [0.05, 0.1) is 43.0 Å². The molecule has 58 heavy (non-hydrogen) atoms. The number of methoxy groups -OCH3 is 1. The Balaban J connectivity index is 0.996. The normalized spacial score (nSPS) is 19.8. The van der Waals surface area contributed by atoms with Crippen molar-refractivity contribution in [3.05, 3.63) is 72.6 Å². The number of carbonyl (C=O) groups excluding carboxylic acids is 3. The van der Waals surface area contributed by atoms with Crippen molar-refractivity contribution in [1.82, 2.24) is 45.6 Å². The SMILES string of the molecule is COC(=O)N[C@H]1CCCCCOCC[C@@H](c2ncc(-c3ccc(-c4ccc(-c5cnc([C@@H]6CCCN6C(=O)[C@@H](Nc6noc(N)n6)C(C)C)[nH]5)cc4)cc3)[nH]2)NC1=O. The predicted octanol–water partition coefficient (Wildman–Crippen LogP) is 5.76. The van der Waals surface area contributed by atoms with E-state index in [1.807, 2.05) is 37.1 Å². The fraction of sp³-hybridized carbons (Fsp3) is 0.439. The van der Waals surface area contributed by atoms with Gasteiger partial charge in [-0.25, -0.2) is 14.8 Å². The first-order valence-corrected chi connectivity index (χ1v) is 19.9. The summed E-state index contributed by atoms with van der Waals surface area (Å²) in [5.74, 6) is 1.16. The van der Waals surface area contributed by atoms with Crippen molar-refractivity contribution in [3.63, 3.8) is 0 Å². The van der Waals surface area contributed by atoms with Crippen molar-refractivity contribution in [2.75, 3.05) is 37.9 Å². The molecule has 4 atom stereocenters. The molecular formula is C41H51N11O6. The van der Waals surface area contributed by atoms with Crippen LogP contribution in [0.2, 0.25) is 0 Å². The van der Waals surface area contributed by atoms with Crippen LogP contribution in [0.15, 0.2) is 65.4 Å². The van der Waals surface area contributed by atoms with Gasteiger partial charge in [0.25, 0.3) is 5.95 Å². The number of rotatable bonds is 10. The van der Waals surface area contributed by atoms with Crippen molar-refractivity contribution in [2.45, 2.75) is 83.0 Å². The maximum absolute atomic E-state index is 13.8. The zero-order valence-corrected chi connectivity index (χ0v) is 33.0. The molecule has 5 aromatic rings. The number of nitrogens with zero attached hydrogens (tertiary/aromatic N) is 5. The fourth-order valence-corrected chi connectivity index (χ4v) is 7.49. The lowest BCUT2D eigenvalue weighted by Gasteiger charge is -2.30.